The number of hydrogen-bond acceptors (Lipinski definition) is 4. The molecule has 1 aliphatic rings. The van der Waals surface area contributed by atoms with Crippen LogP contribution in [-0.2, 0) is 0 Å². The summed E-state index contributed by atoms with van der Waals surface area (Å²) in [4.78, 5) is 12.2. The van der Waals surface area contributed by atoms with Gasteiger partial charge in [0.05, 0.1) is 18.9 Å². The summed E-state index contributed by atoms with van der Waals surface area (Å²) in [5.74, 6) is 2.76. The first-order chi connectivity index (χ1) is 10.3. The molecule has 1 N–H and O–H groups in total. The molecule has 1 aliphatic heterocycles. The smallest absolute Gasteiger partial charge is 0.254 e. The summed E-state index contributed by atoms with van der Waals surface area (Å²) >= 11 is 1.87. The van der Waals surface area contributed by atoms with Crippen molar-refractivity contribution in [1.82, 2.24) is 15.1 Å². The van der Waals surface area contributed by atoms with Gasteiger partial charge in [-0.2, -0.15) is 16.9 Å². The van der Waals surface area contributed by atoms with E-state index in [1.54, 1.807) is 24.2 Å². The number of thioether (sulfide) groups is 1. The maximum absolute atomic E-state index is 12.2. The van der Waals surface area contributed by atoms with Gasteiger partial charge in [-0.25, -0.2) is 4.68 Å². The van der Waals surface area contributed by atoms with E-state index in [9.17, 15) is 4.79 Å². The number of carbonyl (C=O) groups excluding carboxylic acids is 1. The summed E-state index contributed by atoms with van der Waals surface area (Å²) in [6.45, 7) is 0. The minimum Gasteiger partial charge on any atom is -0.494 e. The first-order valence-corrected chi connectivity index (χ1v) is 8.00. The molecule has 2 heterocycles. The zero-order chi connectivity index (χ0) is 14.7. The van der Waals surface area contributed by atoms with E-state index >= 15 is 0 Å². The van der Waals surface area contributed by atoms with Crippen LogP contribution < -0.4 is 10.1 Å². The molecule has 2 aromatic rings. The Bertz CT molecular complexity index is 635. The number of methoxy groups -OCH3 is 1. The van der Waals surface area contributed by atoms with E-state index < -0.39 is 0 Å². The van der Waals surface area contributed by atoms with Gasteiger partial charge in [-0.15, -0.1) is 0 Å². The Hall–Kier alpha value is -1.95. The van der Waals surface area contributed by atoms with Gasteiger partial charge in [0.25, 0.3) is 5.91 Å². The normalized spacial score (nSPS) is 17.7. The number of ether oxygens (including phenoxy) is 1. The maximum atomic E-state index is 12.2. The van der Waals surface area contributed by atoms with Crippen LogP contribution in [0.15, 0.2) is 36.7 Å². The van der Waals surface area contributed by atoms with Crippen LogP contribution in [0, 0.1) is 0 Å². The van der Waals surface area contributed by atoms with E-state index in [4.69, 9.17) is 4.74 Å². The lowest BCUT2D eigenvalue weighted by Crippen LogP contribution is -2.34. The number of hydrogen-bond donors (Lipinski definition) is 1. The highest BCUT2D eigenvalue weighted by atomic mass is 32.2. The third-order valence-corrected chi connectivity index (χ3v) is 4.60. The van der Waals surface area contributed by atoms with Gasteiger partial charge >= 0.3 is 0 Å². The van der Waals surface area contributed by atoms with Gasteiger partial charge in [0, 0.05) is 18.0 Å². The summed E-state index contributed by atoms with van der Waals surface area (Å²) in [7, 11) is 1.62. The third-order valence-electron chi connectivity index (χ3n) is 3.44. The molecule has 0 bridgehead atoms. The average molecular weight is 303 g/mol. The van der Waals surface area contributed by atoms with Crippen molar-refractivity contribution in [2.24, 2.45) is 0 Å². The van der Waals surface area contributed by atoms with E-state index in [1.807, 2.05) is 36.0 Å². The van der Waals surface area contributed by atoms with Crippen molar-refractivity contribution in [2.45, 2.75) is 12.5 Å². The Kier molecular flexibility index (Phi) is 4.15. The molecule has 21 heavy (non-hydrogen) atoms. The van der Waals surface area contributed by atoms with Crippen LogP contribution in [0.3, 0.4) is 0 Å². The number of benzene rings is 1. The minimum atomic E-state index is -0.0661. The molecule has 1 fully saturated rings. The zero-order valence-electron chi connectivity index (χ0n) is 11.8. The van der Waals surface area contributed by atoms with Crippen LogP contribution >= 0.6 is 11.8 Å². The van der Waals surface area contributed by atoms with Crippen molar-refractivity contribution < 1.29 is 9.53 Å². The third kappa shape index (κ3) is 3.05. The summed E-state index contributed by atoms with van der Waals surface area (Å²) in [6.07, 6.45) is 4.36. The van der Waals surface area contributed by atoms with Gasteiger partial charge in [-0.1, -0.05) is 12.1 Å². The van der Waals surface area contributed by atoms with Gasteiger partial charge in [0.2, 0.25) is 0 Å². The number of carbonyl (C=O) groups is 1. The second-order valence-electron chi connectivity index (χ2n) is 4.88. The van der Waals surface area contributed by atoms with Crippen molar-refractivity contribution in [2.75, 3.05) is 18.6 Å². The number of para-hydroxylation sites is 2. The van der Waals surface area contributed by atoms with Gasteiger partial charge < -0.3 is 10.1 Å². The second kappa shape index (κ2) is 6.22. The first kappa shape index (κ1) is 14.0. The molecule has 1 aromatic heterocycles. The minimum absolute atomic E-state index is 0.0661. The highest BCUT2D eigenvalue weighted by Crippen LogP contribution is 2.22. The van der Waals surface area contributed by atoms with Gasteiger partial charge in [-0.3, -0.25) is 4.79 Å². The van der Waals surface area contributed by atoms with Crippen molar-refractivity contribution >= 4 is 17.7 Å². The Labute approximate surface area is 127 Å². The fraction of sp³-hybridized carbons (Fsp3) is 0.333. The van der Waals surface area contributed by atoms with Crippen molar-refractivity contribution in [3.8, 4) is 11.4 Å². The summed E-state index contributed by atoms with van der Waals surface area (Å²) in [5.41, 5.74) is 1.38. The van der Waals surface area contributed by atoms with Crippen LogP contribution in [0.1, 0.15) is 16.8 Å². The molecular weight excluding hydrogens is 286 g/mol. The Balaban J connectivity index is 1.77. The average Bonchev–Trinajstić information content (AvgIpc) is 3.18. The lowest BCUT2D eigenvalue weighted by Gasteiger charge is -2.09. The molecule has 0 unspecified atom stereocenters. The first-order valence-electron chi connectivity index (χ1n) is 6.84. The fourth-order valence-electron chi connectivity index (χ4n) is 2.31. The van der Waals surface area contributed by atoms with Gasteiger partial charge in [-0.05, 0) is 24.3 Å². The fourth-order valence-corrected chi connectivity index (χ4v) is 3.46. The molecule has 6 heteroatoms. The molecule has 0 radical (unpaired) electrons. The number of nitrogens with one attached hydrogen (secondary N) is 1. The van der Waals surface area contributed by atoms with Crippen molar-refractivity contribution in [3.05, 3.63) is 42.2 Å². The molecule has 1 aromatic carbocycles. The van der Waals surface area contributed by atoms with E-state index in [-0.39, 0.29) is 11.9 Å². The van der Waals surface area contributed by atoms with E-state index in [2.05, 4.69) is 10.4 Å². The Morgan fingerprint density at radius 2 is 2.33 bits per heavy atom. The Morgan fingerprint density at radius 3 is 3.10 bits per heavy atom. The summed E-state index contributed by atoms with van der Waals surface area (Å²) in [6, 6.07) is 7.86. The molecule has 1 amide bonds. The van der Waals surface area contributed by atoms with Gasteiger partial charge in [0.15, 0.2) is 0 Å². The van der Waals surface area contributed by atoms with Crippen LogP contribution in [0.25, 0.3) is 5.69 Å². The molecular formula is C15H17N3O2S. The second-order valence-corrected chi connectivity index (χ2v) is 6.03. The van der Waals surface area contributed by atoms with Crippen molar-refractivity contribution in [3.63, 3.8) is 0 Å². The van der Waals surface area contributed by atoms with E-state index in [1.165, 1.54) is 0 Å². The lowest BCUT2D eigenvalue weighted by molar-refractivity contribution is 0.0941. The molecule has 0 saturated carbocycles. The largest absolute Gasteiger partial charge is 0.494 e. The summed E-state index contributed by atoms with van der Waals surface area (Å²) < 4.78 is 6.98. The molecule has 5 nitrogen and oxygen atoms in total. The predicted octanol–water partition coefficient (Wildman–Crippen LogP) is 2.12. The molecule has 1 saturated heterocycles. The zero-order valence-corrected chi connectivity index (χ0v) is 12.6. The SMILES string of the molecule is COc1ccccc1-n1cc(C(=O)N[C@@H]2CCSC2)cn1. The van der Waals surface area contributed by atoms with Crippen LogP contribution in [0.5, 0.6) is 5.75 Å². The van der Waals surface area contributed by atoms with Crippen LogP contribution in [-0.4, -0.2) is 40.3 Å². The monoisotopic (exact) mass is 303 g/mol. The highest BCUT2D eigenvalue weighted by molar-refractivity contribution is 7.99. The predicted molar refractivity (Wildman–Crippen MR) is 83.3 cm³/mol. The number of aromatic nitrogens is 2. The number of rotatable bonds is 4. The van der Waals surface area contributed by atoms with Gasteiger partial charge in [0.1, 0.15) is 11.4 Å². The maximum Gasteiger partial charge on any atom is 0.254 e. The van der Waals surface area contributed by atoms with Crippen LogP contribution in [0.2, 0.25) is 0 Å². The van der Waals surface area contributed by atoms with Crippen LogP contribution in [0.4, 0.5) is 0 Å². The topological polar surface area (TPSA) is 56.1 Å². The molecule has 1 atom stereocenters. The van der Waals surface area contributed by atoms with E-state index in [0.717, 1.165) is 29.4 Å². The number of amides is 1. The summed E-state index contributed by atoms with van der Waals surface area (Å²) in [5, 5.41) is 7.31. The molecule has 0 aliphatic carbocycles. The standard InChI is InChI=1S/C15H17N3O2S/c1-20-14-5-3-2-4-13(14)18-9-11(8-16-18)15(19)17-12-6-7-21-10-12/h2-5,8-9,12H,6-7,10H2,1H3,(H,17,19)/t12-/m1/s1. The molecule has 3 rings (SSSR count). The molecule has 0 spiro atoms. The quantitative estimate of drug-likeness (QED) is 0.940. The van der Waals surface area contributed by atoms with E-state index in [0.29, 0.717) is 5.56 Å². The van der Waals surface area contributed by atoms with Crippen molar-refractivity contribution in [1.29, 1.82) is 0 Å². The lowest BCUT2D eigenvalue weighted by atomic mass is 10.2. The number of nitrogens with zero attached hydrogens (tertiary/aromatic N) is 2. The Morgan fingerprint density at radius 1 is 1.48 bits per heavy atom. The molecule has 110 valence electrons. The highest BCUT2D eigenvalue weighted by Gasteiger charge is 2.19.